The van der Waals surface area contributed by atoms with Gasteiger partial charge in [-0.3, -0.25) is 9.97 Å². The Morgan fingerprint density at radius 1 is 0.700 bits per heavy atom. The molecule has 2 aromatic rings. The van der Waals surface area contributed by atoms with Crippen LogP contribution >= 0.6 is 0 Å². The third kappa shape index (κ3) is 3.26. The summed E-state index contributed by atoms with van der Waals surface area (Å²) >= 11 is 0. The van der Waals surface area contributed by atoms with Gasteiger partial charge in [0.15, 0.2) is 0 Å². The quantitative estimate of drug-likeness (QED) is 0.893. The molecular formula is C16H20N4. The lowest BCUT2D eigenvalue weighted by atomic mass is 9.90. The van der Waals surface area contributed by atoms with E-state index in [1.807, 2.05) is 49.1 Å². The van der Waals surface area contributed by atoms with Crippen molar-refractivity contribution in [3.63, 3.8) is 0 Å². The SMILES string of the molecule is c1cc(N[C@@H]2CCCC[C@H]2Nc2ccncc2)ccn1. The molecule has 0 bridgehead atoms. The second-order valence-corrected chi connectivity index (χ2v) is 5.26. The van der Waals surface area contributed by atoms with Crippen LogP contribution < -0.4 is 10.6 Å². The molecule has 0 radical (unpaired) electrons. The van der Waals surface area contributed by atoms with Gasteiger partial charge in [-0.15, -0.1) is 0 Å². The molecule has 0 amide bonds. The van der Waals surface area contributed by atoms with E-state index in [0.29, 0.717) is 12.1 Å². The zero-order valence-electron chi connectivity index (χ0n) is 11.5. The first-order valence-electron chi connectivity index (χ1n) is 7.25. The minimum Gasteiger partial charge on any atom is -0.380 e. The highest BCUT2D eigenvalue weighted by Gasteiger charge is 2.24. The standard InChI is InChI=1S/C16H20N4/c1-2-4-16(20-14-7-11-18-12-8-14)15(3-1)19-13-5-9-17-10-6-13/h5-12,15-16H,1-4H2,(H,17,19)(H,18,20)/t15-,16-/m1/s1. The zero-order chi connectivity index (χ0) is 13.6. The Balaban J connectivity index is 1.68. The fourth-order valence-electron chi connectivity index (χ4n) is 2.80. The van der Waals surface area contributed by atoms with Crippen LogP contribution in [0.25, 0.3) is 0 Å². The smallest absolute Gasteiger partial charge is 0.0462 e. The molecule has 104 valence electrons. The predicted molar refractivity (Wildman–Crippen MR) is 81.8 cm³/mol. The summed E-state index contributed by atoms with van der Waals surface area (Å²) in [5.41, 5.74) is 2.29. The van der Waals surface area contributed by atoms with Gasteiger partial charge in [0.1, 0.15) is 0 Å². The fourth-order valence-corrected chi connectivity index (χ4v) is 2.80. The topological polar surface area (TPSA) is 49.8 Å². The minimum absolute atomic E-state index is 0.458. The molecular weight excluding hydrogens is 248 g/mol. The molecule has 2 heterocycles. The van der Waals surface area contributed by atoms with Gasteiger partial charge >= 0.3 is 0 Å². The first-order chi connectivity index (χ1) is 9.92. The average molecular weight is 268 g/mol. The van der Waals surface area contributed by atoms with Crippen LogP contribution in [0.4, 0.5) is 11.4 Å². The van der Waals surface area contributed by atoms with E-state index in [2.05, 4.69) is 20.6 Å². The second-order valence-electron chi connectivity index (χ2n) is 5.26. The monoisotopic (exact) mass is 268 g/mol. The van der Waals surface area contributed by atoms with Gasteiger partial charge < -0.3 is 10.6 Å². The number of aromatic nitrogens is 2. The predicted octanol–water partition coefficient (Wildman–Crippen LogP) is 3.31. The first-order valence-corrected chi connectivity index (χ1v) is 7.25. The normalized spacial score (nSPS) is 22.2. The van der Waals surface area contributed by atoms with Crippen LogP contribution in [0.15, 0.2) is 49.1 Å². The summed E-state index contributed by atoms with van der Waals surface area (Å²) in [6, 6.07) is 9.02. The van der Waals surface area contributed by atoms with Gasteiger partial charge in [-0.1, -0.05) is 12.8 Å². The van der Waals surface area contributed by atoms with Crippen molar-refractivity contribution in [2.24, 2.45) is 0 Å². The van der Waals surface area contributed by atoms with E-state index in [0.717, 1.165) is 11.4 Å². The molecule has 3 rings (SSSR count). The molecule has 4 nitrogen and oxygen atoms in total. The lowest BCUT2D eigenvalue weighted by Crippen LogP contribution is -2.41. The Morgan fingerprint density at radius 3 is 1.50 bits per heavy atom. The number of hydrogen-bond acceptors (Lipinski definition) is 4. The molecule has 1 aliphatic carbocycles. The largest absolute Gasteiger partial charge is 0.380 e. The number of nitrogens with one attached hydrogen (secondary N) is 2. The maximum atomic E-state index is 4.06. The molecule has 0 aromatic carbocycles. The second kappa shape index (κ2) is 6.37. The van der Waals surface area contributed by atoms with Crippen molar-refractivity contribution < 1.29 is 0 Å². The molecule has 1 fully saturated rings. The first kappa shape index (κ1) is 12.9. The van der Waals surface area contributed by atoms with E-state index in [4.69, 9.17) is 0 Å². The van der Waals surface area contributed by atoms with Gasteiger partial charge in [0.05, 0.1) is 0 Å². The molecule has 2 N–H and O–H groups in total. The maximum absolute atomic E-state index is 4.06. The number of anilines is 2. The van der Waals surface area contributed by atoms with E-state index in [-0.39, 0.29) is 0 Å². The number of rotatable bonds is 4. The van der Waals surface area contributed by atoms with Gasteiger partial charge in [-0.25, -0.2) is 0 Å². The lowest BCUT2D eigenvalue weighted by Gasteiger charge is -2.34. The third-order valence-electron chi connectivity index (χ3n) is 3.83. The highest BCUT2D eigenvalue weighted by atomic mass is 15.0. The number of hydrogen-bond donors (Lipinski definition) is 2. The van der Waals surface area contributed by atoms with Crippen LogP contribution in [-0.2, 0) is 0 Å². The summed E-state index contributed by atoms with van der Waals surface area (Å²) in [5, 5.41) is 7.27. The highest BCUT2D eigenvalue weighted by Crippen LogP contribution is 2.24. The average Bonchev–Trinajstić information content (AvgIpc) is 2.51. The molecule has 2 atom stereocenters. The van der Waals surface area contributed by atoms with E-state index in [1.54, 1.807) is 0 Å². The van der Waals surface area contributed by atoms with E-state index in [9.17, 15) is 0 Å². The molecule has 0 spiro atoms. The number of nitrogens with zero attached hydrogens (tertiary/aromatic N) is 2. The van der Waals surface area contributed by atoms with Gasteiger partial charge in [-0.2, -0.15) is 0 Å². The summed E-state index contributed by atoms with van der Waals surface area (Å²) in [6.45, 7) is 0. The molecule has 4 heteroatoms. The zero-order valence-corrected chi connectivity index (χ0v) is 11.5. The van der Waals surface area contributed by atoms with Crippen LogP contribution in [0.2, 0.25) is 0 Å². The van der Waals surface area contributed by atoms with Crippen molar-refractivity contribution >= 4 is 11.4 Å². The van der Waals surface area contributed by atoms with Crippen molar-refractivity contribution in [2.75, 3.05) is 10.6 Å². The Kier molecular flexibility index (Phi) is 4.11. The van der Waals surface area contributed by atoms with Crippen LogP contribution in [0.3, 0.4) is 0 Å². The maximum Gasteiger partial charge on any atom is 0.0462 e. The van der Waals surface area contributed by atoms with Crippen LogP contribution in [0, 0.1) is 0 Å². The van der Waals surface area contributed by atoms with E-state index < -0.39 is 0 Å². The summed E-state index contributed by atoms with van der Waals surface area (Å²) in [4.78, 5) is 8.13. The molecule has 20 heavy (non-hydrogen) atoms. The Hall–Kier alpha value is -2.10. The minimum atomic E-state index is 0.458. The Bertz CT molecular complexity index is 465. The highest BCUT2D eigenvalue weighted by molar-refractivity contribution is 5.46. The van der Waals surface area contributed by atoms with Crippen molar-refractivity contribution in [3.8, 4) is 0 Å². The lowest BCUT2D eigenvalue weighted by molar-refractivity contribution is 0.424. The van der Waals surface area contributed by atoms with Crippen molar-refractivity contribution in [1.29, 1.82) is 0 Å². The van der Waals surface area contributed by atoms with Crippen LogP contribution in [-0.4, -0.2) is 22.1 Å². The molecule has 1 aliphatic rings. The molecule has 0 unspecified atom stereocenters. The van der Waals surface area contributed by atoms with Crippen LogP contribution in [0.1, 0.15) is 25.7 Å². The summed E-state index contributed by atoms with van der Waals surface area (Å²) in [7, 11) is 0. The van der Waals surface area contributed by atoms with Gasteiger partial charge in [0.2, 0.25) is 0 Å². The van der Waals surface area contributed by atoms with Crippen LogP contribution in [0.5, 0.6) is 0 Å². The third-order valence-corrected chi connectivity index (χ3v) is 3.83. The van der Waals surface area contributed by atoms with E-state index >= 15 is 0 Å². The fraction of sp³-hybridized carbons (Fsp3) is 0.375. The summed E-state index contributed by atoms with van der Waals surface area (Å²) in [6.07, 6.45) is 12.3. The Labute approximate surface area is 119 Å². The van der Waals surface area contributed by atoms with E-state index in [1.165, 1.54) is 25.7 Å². The Morgan fingerprint density at radius 2 is 1.10 bits per heavy atom. The summed E-state index contributed by atoms with van der Waals surface area (Å²) in [5.74, 6) is 0. The van der Waals surface area contributed by atoms with Gasteiger partial charge in [0.25, 0.3) is 0 Å². The molecule has 0 saturated heterocycles. The number of pyridine rings is 2. The van der Waals surface area contributed by atoms with Crippen molar-refractivity contribution in [3.05, 3.63) is 49.1 Å². The van der Waals surface area contributed by atoms with Crippen molar-refractivity contribution in [2.45, 2.75) is 37.8 Å². The van der Waals surface area contributed by atoms with Crippen molar-refractivity contribution in [1.82, 2.24) is 9.97 Å². The molecule has 0 aliphatic heterocycles. The molecule has 1 saturated carbocycles. The molecule has 2 aromatic heterocycles. The van der Waals surface area contributed by atoms with Gasteiger partial charge in [-0.05, 0) is 37.1 Å². The van der Waals surface area contributed by atoms with Gasteiger partial charge in [0, 0.05) is 48.2 Å². The summed E-state index contributed by atoms with van der Waals surface area (Å²) < 4.78 is 0.